The number of Topliss-reactive ketones (excluding diaryl/α,β-unsaturated/α-hetero) is 1. The maximum atomic E-state index is 13.5. The van der Waals surface area contributed by atoms with Gasteiger partial charge in [0.2, 0.25) is 5.78 Å². The molecule has 0 spiro atoms. The summed E-state index contributed by atoms with van der Waals surface area (Å²) in [4.78, 5) is 23.9. The Bertz CT molecular complexity index is 666. The molecular weight excluding hydrogens is 383 g/mol. The molecule has 1 aromatic carbocycles. The first-order valence-corrected chi connectivity index (χ1v) is 7.83. The predicted octanol–water partition coefficient (Wildman–Crippen LogP) is 4.27. The van der Waals surface area contributed by atoms with Crippen LogP contribution in [0.4, 0.5) is 4.39 Å². The van der Waals surface area contributed by atoms with E-state index in [9.17, 15) is 14.0 Å². The van der Waals surface area contributed by atoms with Crippen LogP contribution >= 0.6 is 38.9 Å². The van der Waals surface area contributed by atoms with Crippen LogP contribution in [-0.4, -0.2) is 18.4 Å². The van der Waals surface area contributed by atoms with E-state index < -0.39 is 11.8 Å². The first-order chi connectivity index (χ1) is 9.97. The second-order valence-corrected chi connectivity index (χ2v) is 6.93. The van der Waals surface area contributed by atoms with Gasteiger partial charge in [-0.15, -0.1) is 11.3 Å². The maximum Gasteiger partial charge on any atom is 0.310 e. The van der Waals surface area contributed by atoms with Crippen molar-refractivity contribution < 1.29 is 18.7 Å². The van der Waals surface area contributed by atoms with E-state index in [-0.39, 0.29) is 29.4 Å². The normalized spacial score (nSPS) is 10.4. The number of ketones is 1. The van der Waals surface area contributed by atoms with E-state index in [4.69, 9.17) is 16.3 Å². The van der Waals surface area contributed by atoms with Gasteiger partial charge < -0.3 is 4.74 Å². The van der Waals surface area contributed by atoms with Gasteiger partial charge in [0.1, 0.15) is 5.82 Å². The van der Waals surface area contributed by atoms with Crippen LogP contribution in [0.3, 0.4) is 0 Å². The molecule has 0 N–H and O–H groups in total. The third-order valence-corrected chi connectivity index (χ3v) is 4.61. The molecule has 0 radical (unpaired) electrons. The molecule has 110 valence electrons. The summed E-state index contributed by atoms with van der Waals surface area (Å²) in [5, 5.41) is 0.153. The zero-order valence-corrected chi connectivity index (χ0v) is 13.7. The number of hydrogen-bond donors (Lipinski definition) is 0. The summed E-state index contributed by atoms with van der Waals surface area (Å²) in [5.74, 6) is -1.59. The van der Waals surface area contributed by atoms with Crippen molar-refractivity contribution in [1.29, 1.82) is 0 Å². The Kier molecular flexibility index (Phi) is 5.50. The summed E-state index contributed by atoms with van der Waals surface area (Å²) in [6, 6.07) is 7.52. The zero-order valence-electron chi connectivity index (χ0n) is 10.6. The molecule has 1 heterocycles. The lowest BCUT2D eigenvalue weighted by Crippen LogP contribution is -2.15. The van der Waals surface area contributed by atoms with Gasteiger partial charge >= 0.3 is 5.97 Å². The Balaban J connectivity index is 1.92. The molecule has 7 heteroatoms. The summed E-state index contributed by atoms with van der Waals surface area (Å²) in [6.45, 7) is -0.377. The predicted molar refractivity (Wildman–Crippen MR) is 82.4 cm³/mol. The minimum Gasteiger partial charge on any atom is -0.457 e. The summed E-state index contributed by atoms with van der Waals surface area (Å²) >= 11 is 10.3. The summed E-state index contributed by atoms with van der Waals surface area (Å²) in [5.41, 5.74) is 0.0653. The maximum absolute atomic E-state index is 13.5. The number of rotatable bonds is 5. The highest BCUT2D eigenvalue weighted by Crippen LogP contribution is 2.23. The molecule has 0 bridgehead atoms. The fourth-order valence-electron chi connectivity index (χ4n) is 1.58. The molecule has 2 rings (SSSR count). The molecule has 0 fully saturated rings. The van der Waals surface area contributed by atoms with Crippen LogP contribution in [0.1, 0.15) is 15.2 Å². The van der Waals surface area contributed by atoms with E-state index in [1.54, 1.807) is 12.1 Å². The first-order valence-electron chi connectivity index (χ1n) is 5.84. The fraction of sp³-hybridized carbons (Fsp3) is 0.143. The summed E-state index contributed by atoms with van der Waals surface area (Å²) < 4.78 is 19.2. The molecule has 0 unspecified atom stereocenters. The molecule has 21 heavy (non-hydrogen) atoms. The van der Waals surface area contributed by atoms with Crippen LogP contribution in [0.25, 0.3) is 0 Å². The first kappa shape index (κ1) is 16.1. The van der Waals surface area contributed by atoms with Crippen molar-refractivity contribution in [3.8, 4) is 0 Å². The van der Waals surface area contributed by atoms with Crippen molar-refractivity contribution in [2.75, 3.05) is 6.61 Å². The Morgan fingerprint density at radius 1 is 1.29 bits per heavy atom. The number of ether oxygens (including phenoxy) is 1. The average Bonchev–Trinajstić information content (AvgIpc) is 2.87. The Morgan fingerprint density at radius 3 is 2.67 bits per heavy atom. The number of esters is 1. The number of benzene rings is 1. The monoisotopic (exact) mass is 390 g/mol. The SMILES string of the molecule is O=C(Cc1c(F)cccc1Cl)OCC(=O)c1ccc(Br)s1. The van der Waals surface area contributed by atoms with Crippen LogP contribution < -0.4 is 0 Å². The third kappa shape index (κ3) is 4.36. The lowest BCUT2D eigenvalue weighted by atomic mass is 10.1. The molecule has 0 saturated heterocycles. The zero-order chi connectivity index (χ0) is 15.4. The van der Waals surface area contributed by atoms with Gasteiger partial charge in [-0.05, 0) is 40.2 Å². The quantitative estimate of drug-likeness (QED) is 0.565. The van der Waals surface area contributed by atoms with Crippen molar-refractivity contribution in [3.63, 3.8) is 0 Å². The van der Waals surface area contributed by atoms with E-state index in [1.807, 2.05) is 0 Å². The van der Waals surface area contributed by atoms with Gasteiger partial charge in [0, 0.05) is 10.6 Å². The lowest BCUT2D eigenvalue weighted by Gasteiger charge is -2.06. The van der Waals surface area contributed by atoms with Gasteiger partial charge in [0.05, 0.1) is 15.1 Å². The molecule has 0 atom stereocenters. The molecule has 0 aliphatic carbocycles. The summed E-state index contributed by atoms with van der Waals surface area (Å²) in [6.07, 6.45) is -0.313. The van der Waals surface area contributed by atoms with Gasteiger partial charge in [-0.1, -0.05) is 17.7 Å². The number of halogens is 3. The van der Waals surface area contributed by atoms with E-state index in [0.29, 0.717) is 4.88 Å². The van der Waals surface area contributed by atoms with Gasteiger partial charge in [0.25, 0.3) is 0 Å². The molecule has 2 aromatic rings. The molecule has 0 aliphatic heterocycles. The Labute approximate surface area is 137 Å². The third-order valence-electron chi connectivity index (χ3n) is 2.60. The van der Waals surface area contributed by atoms with Gasteiger partial charge in [-0.3, -0.25) is 9.59 Å². The van der Waals surface area contributed by atoms with Crippen LogP contribution in [0, 0.1) is 5.82 Å². The van der Waals surface area contributed by atoms with Gasteiger partial charge in [0.15, 0.2) is 6.61 Å². The Morgan fingerprint density at radius 2 is 2.05 bits per heavy atom. The highest BCUT2D eigenvalue weighted by Gasteiger charge is 2.15. The smallest absolute Gasteiger partial charge is 0.310 e. The van der Waals surface area contributed by atoms with Gasteiger partial charge in [-0.2, -0.15) is 0 Å². The van der Waals surface area contributed by atoms with Crippen LogP contribution in [0.2, 0.25) is 5.02 Å². The molecular formula is C14H9BrClFO3S. The molecule has 0 saturated carbocycles. The van der Waals surface area contributed by atoms with Crippen molar-refractivity contribution in [2.24, 2.45) is 0 Å². The average molecular weight is 392 g/mol. The highest BCUT2D eigenvalue weighted by molar-refractivity contribution is 9.11. The van der Waals surface area contributed by atoms with Crippen molar-refractivity contribution in [1.82, 2.24) is 0 Å². The number of thiophene rings is 1. The number of carbonyl (C=O) groups excluding carboxylic acids is 2. The minimum absolute atomic E-state index is 0.0653. The molecule has 0 amide bonds. The van der Waals surface area contributed by atoms with E-state index in [1.165, 1.54) is 29.5 Å². The van der Waals surface area contributed by atoms with Crippen molar-refractivity contribution in [2.45, 2.75) is 6.42 Å². The number of carbonyl (C=O) groups is 2. The largest absolute Gasteiger partial charge is 0.457 e. The fourth-order valence-corrected chi connectivity index (χ4v) is 3.12. The van der Waals surface area contributed by atoms with Crippen molar-refractivity contribution >= 4 is 50.6 Å². The highest BCUT2D eigenvalue weighted by atomic mass is 79.9. The van der Waals surface area contributed by atoms with Crippen molar-refractivity contribution in [3.05, 3.63) is 55.4 Å². The number of hydrogen-bond acceptors (Lipinski definition) is 4. The second kappa shape index (κ2) is 7.15. The summed E-state index contributed by atoms with van der Waals surface area (Å²) in [7, 11) is 0. The minimum atomic E-state index is -0.703. The van der Waals surface area contributed by atoms with Crippen LogP contribution in [0.5, 0.6) is 0 Å². The topological polar surface area (TPSA) is 43.4 Å². The molecule has 3 nitrogen and oxygen atoms in total. The lowest BCUT2D eigenvalue weighted by molar-refractivity contribution is -0.141. The van der Waals surface area contributed by atoms with E-state index >= 15 is 0 Å². The second-order valence-electron chi connectivity index (χ2n) is 4.06. The standard InChI is InChI=1S/C14H9BrClFO3S/c15-13-5-4-12(21-13)11(18)7-20-14(19)6-8-9(16)2-1-3-10(8)17/h1-5H,6-7H2. The van der Waals surface area contributed by atoms with Crippen LogP contribution in [-0.2, 0) is 16.0 Å². The molecule has 0 aliphatic rings. The Hall–Kier alpha value is -1.24. The molecule has 1 aromatic heterocycles. The van der Waals surface area contributed by atoms with E-state index in [2.05, 4.69) is 15.9 Å². The van der Waals surface area contributed by atoms with E-state index in [0.717, 1.165) is 3.79 Å². The van der Waals surface area contributed by atoms with Gasteiger partial charge in [-0.25, -0.2) is 4.39 Å². The van der Waals surface area contributed by atoms with Crippen LogP contribution in [0.15, 0.2) is 34.1 Å².